The number of carbonyl (C=O) groups is 1. The number of esters is 1. The number of cyclic esters (lactones) is 1. The van der Waals surface area contributed by atoms with E-state index < -0.39 is 57.7 Å². The normalized spacial score (nSPS) is 30.0. The van der Waals surface area contributed by atoms with Crippen molar-refractivity contribution >= 4 is 22.1 Å². The summed E-state index contributed by atoms with van der Waals surface area (Å²) in [4.78, 5) is 17.1. The Hall–Kier alpha value is -3.16. The maximum Gasteiger partial charge on any atom is 0.328 e. The molecule has 184 valence electrons. The number of hydrogen-bond donors (Lipinski definition) is 1. The van der Waals surface area contributed by atoms with Gasteiger partial charge in [-0.3, -0.25) is 4.98 Å². The van der Waals surface area contributed by atoms with Crippen molar-refractivity contribution in [1.82, 2.24) is 9.71 Å². The summed E-state index contributed by atoms with van der Waals surface area (Å²) in [7, 11) is -3.98. The Morgan fingerprint density at radius 1 is 1.23 bits per heavy atom. The van der Waals surface area contributed by atoms with Crippen LogP contribution in [-0.2, 0) is 19.6 Å². The zero-order chi connectivity index (χ0) is 25.6. The van der Waals surface area contributed by atoms with Gasteiger partial charge < -0.3 is 4.74 Å². The third-order valence-electron chi connectivity index (χ3n) is 6.91. The van der Waals surface area contributed by atoms with E-state index in [2.05, 4.69) is 15.8 Å². The zero-order valence-corrected chi connectivity index (χ0v) is 20.2. The highest BCUT2D eigenvalue weighted by Gasteiger charge is 2.69. The topological polar surface area (TPSA) is 109 Å². The first-order valence-corrected chi connectivity index (χ1v) is 13.0. The predicted octanol–water partition coefficient (Wildman–Crippen LogP) is 3.77. The molecule has 35 heavy (non-hydrogen) atoms. The first-order chi connectivity index (χ1) is 16.4. The minimum absolute atomic E-state index is 0.490. The Kier molecular flexibility index (Phi) is 6.28. The second-order valence-corrected chi connectivity index (χ2v) is 11.0. The Balaban J connectivity index is 1.68. The van der Waals surface area contributed by atoms with Crippen LogP contribution in [0.3, 0.4) is 0 Å². The van der Waals surface area contributed by atoms with Crippen LogP contribution in [0.5, 0.6) is 0 Å². The Morgan fingerprint density at radius 3 is 2.57 bits per heavy atom. The number of fused-ring (bicyclic) bond motifs is 1. The maximum atomic E-state index is 15.1. The number of sulfonamides is 1. The van der Waals surface area contributed by atoms with E-state index in [0.29, 0.717) is 11.3 Å². The van der Waals surface area contributed by atoms with E-state index in [-0.39, 0.29) is 0 Å². The van der Waals surface area contributed by atoms with Gasteiger partial charge in [0, 0.05) is 35.6 Å². The summed E-state index contributed by atoms with van der Waals surface area (Å²) in [5.74, 6) is -7.15. The lowest BCUT2D eigenvalue weighted by Crippen LogP contribution is -2.65. The van der Waals surface area contributed by atoms with E-state index in [9.17, 15) is 18.5 Å². The molecule has 1 N–H and O–H groups in total. The van der Waals surface area contributed by atoms with E-state index in [1.807, 2.05) is 12.1 Å². The number of alkyl halides is 2. The molecule has 0 bridgehead atoms. The zero-order valence-electron chi connectivity index (χ0n) is 19.4. The molecule has 2 aromatic rings. The fourth-order valence-electron chi connectivity index (χ4n) is 5.31. The van der Waals surface area contributed by atoms with Crippen LogP contribution >= 0.6 is 0 Å². The van der Waals surface area contributed by atoms with Crippen LogP contribution in [0.1, 0.15) is 31.5 Å². The number of aromatic nitrogens is 1. The van der Waals surface area contributed by atoms with Gasteiger partial charge in [0.2, 0.25) is 10.0 Å². The lowest BCUT2D eigenvalue weighted by Gasteiger charge is -2.47. The van der Waals surface area contributed by atoms with E-state index in [1.165, 1.54) is 6.92 Å². The van der Waals surface area contributed by atoms with Gasteiger partial charge in [-0.05, 0) is 31.1 Å². The number of nitrogens with one attached hydrogen (secondary N) is 1. The molecule has 1 aliphatic heterocycles. The summed E-state index contributed by atoms with van der Waals surface area (Å²) < 4.78 is 61.8. The number of ether oxygens (including phenoxy) is 1. The van der Waals surface area contributed by atoms with Crippen molar-refractivity contribution in [2.45, 2.75) is 37.8 Å². The van der Waals surface area contributed by atoms with Crippen molar-refractivity contribution in [3.8, 4) is 17.2 Å². The van der Waals surface area contributed by atoms with Gasteiger partial charge in [-0.25, -0.2) is 22.0 Å². The van der Waals surface area contributed by atoms with Gasteiger partial charge >= 0.3 is 5.97 Å². The Bertz CT molecular complexity index is 1320. The molecule has 0 unspecified atom stereocenters. The van der Waals surface area contributed by atoms with Gasteiger partial charge in [-0.1, -0.05) is 37.3 Å². The standard InChI is InChI=1S/C25H25F2N3O4S/c1-15-20(11-10-19-9-8-18(13-29-19)21-7-5-4-6-17(21)12-28)22-16(2)34-23(31)24(22,14-25(15,26)27)30-35(3,32)33/h4-11,13,15-16,20,22,30H,14H2,1-3H3/b11-10+/t15-,16+,20-,22-,24-/m0/s1. The molecule has 0 radical (unpaired) electrons. The molecule has 1 aliphatic carbocycles. The van der Waals surface area contributed by atoms with Gasteiger partial charge in [-0.2, -0.15) is 9.98 Å². The van der Waals surface area contributed by atoms with Crippen molar-refractivity contribution in [3.63, 3.8) is 0 Å². The van der Waals surface area contributed by atoms with Gasteiger partial charge in [-0.15, -0.1) is 0 Å². The van der Waals surface area contributed by atoms with Crippen LogP contribution in [0.15, 0.2) is 48.7 Å². The molecule has 2 fully saturated rings. The molecule has 10 heteroatoms. The van der Waals surface area contributed by atoms with Crippen LogP contribution in [0, 0.1) is 29.1 Å². The molecular weight excluding hydrogens is 476 g/mol. The molecule has 1 saturated carbocycles. The highest BCUT2D eigenvalue weighted by Crippen LogP contribution is 2.55. The number of allylic oxidation sites excluding steroid dienone is 1. The number of nitriles is 1. The minimum Gasteiger partial charge on any atom is -0.461 e. The van der Waals surface area contributed by atoms with Crippen LogP contribution in [-0.4, -0.2) is 43.2 Å². The number of benzene rings is 1. The second-order valence-electron chi connectivity index (χ2n) is 9.27. The van der Waals surface area contributed by atoms with Gasteiger partial charge in [0.25, 0.3) is 5.92 Å². The van der Waals surface area contributed by atoms with E-state index >= 15 is 8.78 Å². The third-order valence-corrected chi connectivity index (χ3v) is 7.64. The molecule has 0 spiro atoms. The monoisotopic (exact) mass is 501 g/mol. The summed E-state index contributed by atoms with van der Waals surface area (Å²) in [6.07, 6.45) is 3.86. The summed E-state index contributed by atoms with van der Waals surface area (Å²) in [5.41, 5.74) is 0.410. The molecule has 2 heterocycles. The van der Waals surface area contributed by atoms with E-state index in [0.717, 1.165) is 17.4 Å². The lowest BCUT2D eigenvalue weighted by atomic mass is 9.61. The van der Waals surface area contributed by atoms with Crippen molar-refractivity contribution in [1.29, 1.82) is 5.26 Å². The highest BCUT2D eigenvalue weighted by molar-refractivity contribution is 7.88. The van der Waals surface area contributed by atoms with E-state index in [1.54, 1.807) is 49.5 Å². The second kappa shape index (κ2) is 8.81. The smallest absolute Gasteiger partial charge is 0.328 e. The molecule has 4 rings (SSSR count). The summed E-state index contributed by atoms with van der Waals surface area (Å²) in [6.45, 7) is 2.98. The highest BCUT2D eigenvalue weighted by atomic mass is 32.2. The fraction of sp³-hybridized carbons (Fsp3) is 0.400. The largest absolute Gasteiger partial charge is 0.461 e. The average molecular weight is 502 g/mol. The molecule has 5 atom stereocenters. The number of pyridine rings is 1. The maximum absolute atomic E-state index is 15.1. The average Bonchev–Trinajstić information content (AvgIpc) is 3.01. The molecular formula is C25H25F2N3O4S. The summed E-state index contributed by atoms with van der Waals surface area (Å²) in [5, 5.41) is 9.32. The van der Waals surface area contributed by atoms with Crippen LogP contribution in [0.25, 0.3) is 17.2 Å². The SMILES string of the molecule is C[C@H]1OC(=O)[C@]2(NS(C)(=O)=O)CC(F)(F)[C@@H](C)[C@H](/C=C/c3ccc(-c4ccccc4C#N)cn3)[C@H]12. The predicted molar refractivity (Wildman–Crippen MR) is 125 cm³/mol. The Labute approximate surface area is 202 Å². The third kappa shape index (κ3) is 4.58. The minimum atomic E-state index is -3.98. The van der Waals surface area contributed by atoms with E-state index in [4.69, 9.17) is 4.74 Å². The van der Waals surface area contributed by atoms with Crippen LogP contribution in [0.2, 0.25) is 0 Å². The number of halogens is 2. The quantitative estimate of drug-likeness (QED) is 0.625. The van der Waals surface area contributed by atoms with Crippen molar-refractivity contribution in [2.24, 2.45) is 17.8 Å². The molecule has 2 aliphatic rings. The molecule has 0 amide bonds. The lowest BCUT2D eigenvalue weighted by molar-refractivity contribution is -0.157. The fourth-order valence-corrected chi connectivity index (χ4v) is 6.26. The molecule has 1 aromatic heterocycles. The summed E-state index contributed by atoms with van der Waals surface area (Å²) in [6, 6.07) is 12.7. The number of carbonyl (C=O) groups excluding carboxylic acids is 1. The summed E-state index contributed by atoms with van der Waals surface area (Å²) >= 11 is 0. The molecule has 1 saturated heterocycles. The number of rotatable bonds is 5. The van der Waals surface area contributed by atoms with Gasteiger partial charge in [0.15, 0.2) is 0 Å². The number of hydrogen-bond acceptors (Lipinski definition) is 6. The first-order valence-electron chi connectivity index (χ1n) is 11.1. The van der Waals surface area contributed by atoms with Gasteiger partial charge in [0.1, 0.15) is 11.6 Å². The first kappa shape index (κ1) is 24.9. The Morgan fingerprint density at radius 2 is 1.94 bits per heavy atom. The molecule has 7 nitrogen and oxygen atoms in total. The van der Waals surface area contributed by atoms with Crippen molar-refractivity contribution < 1.29 is 26.7 Å². The van der Waals surface area contributed by atoms with Crippen molar-refractivity contribution in [2.75, 3.05) is 6.26 Å². The van der Waals surface area contributed by atoms with Gasteiger partial charge in [0.05, 0.1) is 23.6 Å². The van der Waals surface area contributed by atoms with Crippen molar-refractivity contribution in [3.05, 3.63) is 59.9 Å². The van der Waals surface area contributed by atoms with Crippen LogP contribution in [0.4, 0.5) is 8.78 Å². The number of nitrogens with zero attached hydrogens (tertiary/aromatic N) is 2. The van der Waals surface area contributed by atoms with Crippen LogP contribution < -0.4 is 4.72 Å². The molecule has 1 aromatic carbocycles.